The summed E-state index contributed by atoms with van der Waals surface area (Å²) in [6.45, 7) is 2.54. The van der Waals surface area contributed by atoms with Crippen LogP contribution in [0.1, 0.15) is 18.1 Å². The van der Waals surface area contributed by atoms with Gasteiger partial charge in [-0.1, -0.05) is 6.92 Å². The highest BCUT2D eigenvalue weighted by atomic mass is 19.4. The number of imidazole rings is 1. The molecule has 0 aliphatic heterocycles. The number of alkyl halides is 3. The lowest BCUT2D eigenvalue weighted by molar-refractivity contribution is -0.385. The lowest BCUT2D eigenvalue weighted by Crippen LogP contribution is -2.16. The summed E-state index contributed by atoms with van der Waals surface area (Å²) in [5.74, 6) is 0.104. The molecule has 0 atom stereocenters. The molecule has 0 unspecified atom stereocenters. The van der Waals surface area contributed by atoms with Crippen LogP contribution in [0.25, 0.3) is 22.6 Å². The number of nitrogens with one attached hydrogen (secondary N) is 3. The van der Waals surface area contributed by atoms with Crippen LogP contribution in [-0.4, -0.2) is 37.9 Å². The second-order valence-corrected chi connectivity index (χ2v) is 7.88. The molecule has 0 aliphatic carbocycles. The molecule has 0 spiro atoms. The molecule has 3 heterocycles. The van der Waals surface area contributed by atoms with Crippen LogP contribution in [0.2, 0.25) is 0 Å². The Balaban J connectivity index is 1.65. The number of rotatable bonds is 9. The van der Waals surface area contributed by atoms with E-state index < -0.39 is 22.5 Å². The lowest BCUT2D eigenvalue weighted by Gasteiger charge is -2.18. The number of H-pyrrole nitrogens is 1. The Morgan fingerprint density at radius 2 is 1.84 bits per heavy atom. The Morgan fingerprint density at radius 3 is 2.46 bits per heavy atom. The Bertz CT molecular complexity index is 1390. The van der Waals surface area contributed by atoms with E-state index in [0.29, 0.717) is 48.6 Å². The molecule has 3 aromatic heterocycles. The molecule has 3 N–H and O–H groups in total. The molecule has 0 radical (unpaired) electrons. The van der Waals surface area contributed by atoms with Crippen molar-refractivity contribution in [3.8, 4) is 22.6 Å². The summed E-state index contributed by atoms with van der Waals surface area (Å²) in [6.07, 6.45) is -0.129. The third-order valence-electron chi connectivity index (χ3n) is 5.46. The minimum absolute atomic E-state index is 0.00744. The highest BCUT2D eigenvalue weighted by molar-refractivity contribution is 5.82. The van der Waals surface area contributed by atoms with Crippen LogP contribution in [-0.2, 0) is 12.6 Å². The topological polar surface area (TPSA) is 122 Å². The number of aryl methyl sites for hydroxylation is 1. The van der Waals surface area contributed by atoms with Gasteiger partial charge in [-0.05, 0) is 42.3 Å². The minimum Gasteiger partial charge on any atom is -0.368 e. The first-order valence-corrected chi connectivity index (χ1v) is 11.2. The van der Waals surface area contributed by atoms with E-state index in [9.17, 15) is 27.7 Å². The Morgan fingerprint density at radius 1 is 1.05 bits per heavy atom. The Hall–Kier alpha value is -4.55. The molecule has 0 saturated heterocycles. The van der Waals surface area contributed by atoms with Crippen molar-refractivity contribution in [2.75, 3.05) is 23.7 Å². The maximum Gasteiger partial charge on any atom is 0.417 e. The predicted molar refractivity (Wildman–Crippen MR) is 129 cm³/mol. The van der Waals surface area contributed by atoms with Gasteiger partial charge in [0, 0.05) is 42.7 Å². The normalized spacial score (nSPS) is 11.4. The van der Waals surface area contributed by atoms with Gasteiger partial charge < -0.3 is 15.6 Å². The fourth-order valence-electron chi connectivity index (χ4n) is 3.70. The second kappa shape index (κ2) is 10.6. The van der Waals surface area contributed by atoms with Gasteiger partial charge in [-0.15, -0.1) is 0 Å². The van der Waals surface area contributed by atoms with Crippen LogP contribution in [0.5, 0.6) is 0 Å². The van der Waals surface area contributed by atoms with E-state index >= 15 is 0 Å². The highest BCUT2D eigenvalue weighted by Gasteiger charge is 2.35. The van der Waals surface area contributed by atoms with Crippen molar-refractivity contribution in [3.63, 3.8) is 0 Å². The summed E-state index contributed by atoms with van der Waals surface area (Å²) >= 11 is 0. The van der Waals surface area contributed by atoms with Crippen molar-refractivity contribution in [2.45, 2.75) is 19.5 Å². The first kappa shape index (κ1) is 25.5. The van der Waals surface area contributed by atoms with Gasteiger partial charge in [-0.2, -0.15) is 13.2 Å². The molecule has 0 fully saturated rings. The lowest BCUT2D eigenvalue weighted by atomic mass is 9.97. The van der Waals surface area contributed by atoms with Gasteiger partial charge >= 0.3 is 6.18 Å². The smallest absolute Gasteiger partial charge is 0.368 e. The first-order chi connectivity index (χ1) is 17.7. The van der Waals surface area contributed by atoms with E-state index in [2.05, 4.69) is 30.6 Å². The molecule has 192 valence electrons. The van der Waals surface area contributed by atoms with Gasteiger partial charge in [0.2, 0.25) is 0 Å². The van der Waals surface area contributed by atoms with Crippen molar-refractivity contribution >= 4 is 17.3 Å². The third-order valence-corrected chi connectivity index (χ3v) is 5.46. The maximum atomic E-state index is 13.8. The van der Waals surface area contributed by atoms with Gasteiger partial charge in [0.05, 0.1) is 16.2 Å². The van der Waals surface area contributed by atoms with E-state index in [4.69, 9.17) is 0 Å². The van der Waals surface area contributed by atoms with Gasteiger partial charge in [0.25, 0.3) is 5.69 Å². The van der Waals surface area contributed by atoms with Crippen LogP contribution in [0.4, 0.5) is 34.9 Å². The average Bonchev–Trinajstić information content (AvgIpc) is 3.41. The number of aromatic nitrogens is 4. The minimum atomic E-state index is -4.81. The van der Waals surface area contributed by atoms with Gasteiger partial charge in [0.15, 0.2) is 0 Å². The molecule has 0 amide bonds. The number of nitrogens with zero attached hydrogens (tertiary/aromatic N) is 4. The predicted octanol–water partition coefficient (Wildman–Crippen LogP) is 5.69. The zero-order chi connectivity index (χ0) is 26.6. The van der Waals surface area contributed by atoms with Crippen LogP contribution in [0, 0.1) is 15.9 Å². The summed E-state index contributed by atoms with van der Waals surface area (Å²) in [6, 6.07) is 6.96. The van der Waals surface area contributed by atoms with Crippen LogP contribution in [0.3, 0.4) is 0 Å². The molecule has 4 aromatic rings. The van der Waals surface area contributed by atoms with E-state index in [1.54, 1.807) is 12.3 Å². The molecule has 9 nitrogen and oxygen atoms in total. The van der Waals surface area contributed by atoms with Crippen molar-refractivity contribution in [1.82, 2.24) is 19.9 Å². The molecule has 0 aliphatic rings. The molecular formula is C24H21F4N7O2. The standard InChI is InChI=1S/C24H21F4N7O2/c1-2-14-11-18(23-31-9-10-32-23)21(17-5-3-15(25)12-19(17)24(26,27)28)34-22(14)30-8-7-29-20-6-4-16(13-33-20)35(36)37/h3-6,9-13H,2,7-8H2,1H3,(H,29,33)(H,30,34)(H,31,32). The molecule has 0 bridgehead atoms. The van der Waals surface area contributed by atoms with Crippen molar-refractivity contribution < 1.29 is 22.5 Å². The number of aromatic amines is 1. The van der Waals surface area contributed by atoms with Gasteiger partial charge in [-0.25, -0.2) is 19.3 Å². The molecule has 0 saturated carbocycles. The molecule has 4 rings (SSSR count). The third kappa shape index (κ3) is 5.82. The van der Waals surface area contributed by atoms with Crippen molar-refractivity contribution in [2.24, 2.45) is 0 Å². The average molecular weight is 515 g/mol. The fourth-order valence-corrected chi connectivity index (χ4v) is 3.70. The van der Waals surface area contributed by atoms with E-state index in [1.807, 2.05) is 6.92 Å². The monoisotopic (exact) mass is 515 g/mol. The number of pyridine rings is 2. The quantitative estimate of drug-likeness (QED) is 0.113. The molecular weight excluding hydrogens is 494 g/mol. The SMILES string of the molecule is CCc1cc(-c2ncc[nH]2)c(-c2ccc(F)cc2C(F)(F)F)nc1NCCNc1ccc([N+](=O)[O-])cn1. The number of hydrogen-bond acceptors (Lipinski definition) is 7. The first-order valence-electron chi connectivity index (χ1n) is 11.2. The van der Waals surface area contributed by atoms with Crippen LogP contribution < -0.4 is 10.6 Å². The maximum absolute atomic E-state index is 13.8. The number of benzene rings is 1. The van der Waals surface area contributed by atoms with E-state index in [1.165, 1.54) is 18.3 Å². The molecule has 37 heavy (non-hydrogen) atoms. The largest absolute Gasteiger partial charge is 0.417 e. The van der Waals surface area contributed by atoms with Crippen molar-refractivity contribution in [3.05, 3.63) is 82.0 Å². The summed E-state index contributed by atoms with van der Waals surface area (Å²) in [5, 5.41) is 16.9. The zero-order valence-electron chi connectivity index (χ0n) is 19.4. The Labute approximate surface area is 208 Å². The van der Waals surface area contributed by atoms with Crippen LogP contribution >= 0.6 is 0 Å². The fraction of sp³-hybridized carbons (Fsp3) is 0.208. The van der Waals surface area contributed by atoms with Gasteiger partial charge in [0.1, 0.15) is 29.5 Å². The summed E-state index contributed by atoms with van der Waals surface area (Å²) < 4.78 is 55.3. The number of halogens is 4. The zero-order valence-corrected chi connectivity index (χ0v) is 19.4. The summed E-state index contributed by atoms with van der Waals surface area (Å²) in [4.78, 5) is 25.8. The Kier molecular flexibility index (Phi) is 7.32. The number of anilines is 2. The highest BCUT2D eigenvalue weighted by Crippen LogP contribution is 2.41. The van der Waals surface area contributed by atoms with Crippen molar-refractivity contribution in [1.29, 1.82) is 0 Å². The van der Waals surface area contributed by atoms with E-state index in [-0.39, 0.29) is 16.9 Å². The number of hydrogen-bond donors (Lipinski definition) is 3. The molecule has 1 aromatic carbocycles. The summed E-state index contributed by atoms with van der Waals surface area (Å²) in [7, 11) is 0. The van der Waals surface area contributed by atoms with Crippen LogP contribution in [0.15, 0.2) is 55.0 Å². The summed E-state index contributed by atoms with van der Waals surface area (Å²) in [5.41, 5.74) is -0.485. The second-order valence-electron chi connectivity index (χ2n) is 7.88. The van der Waals surface area contributed by atoms with E-state index in [0.717, 1.165) is 23.9 Å². The van der Waals surface area contributed by atoms with Gasteiger partial charge in [-0.3, -0.25) is 10.1 Å². The molecule has 13 heteroatoms. The number of nitro groups is 1.